The molecule has 5 rings (SSSR count). The Balaban J connectivity index is 1.42. The second-order valence-corrected chi connectivity index (χ2v) is 10.5. The number of nitrogens with two attached hydrogens (primary N) is 1. The van der Waals surface area contributed by atoms with Crippen LogP contribution in [0.5, 0.6) is 0 Å². The predicted molar refractivity (Wildman–Crippen MR) is 93.1 cm³/mol. The van der Waals surface area contributed by atoms with Crippen LogP contribution in [0.2, 0.25) is 5.28 Å². The highest BCUT2D eigenvalue weighted by molar-refractivity contribution is 7.60. The van der Waals surface area contributed by atoms with Crippen LogP contribution in [0, 0.1) is 17.3 Å². The maximum Gasteiger partial charge on any atom is 0.481 e. The van der Waals surface area contributed by atoms with Crippen molar-refractivity contribution in [3.63, 3.8) is 0 Å². The molecule has 17 heteroatoms. The summed E-state index contributed by atoms with van der Waals surface area (Å²) in [5.41, 5.74) is 3.65. The SMILES string of the molecule is Nc1nc(Cl)nc2c1ncn2[C@@H]1[C@H]2C3[C@]1(O)[C@H](O)[C@@]32COP(=O)(O)OP(=O)(O)O. The van der Waals surface area contributed by atoms with E-state index in [9.17, 15) is 24.2 Å². The lowest BCUT2D eigenvalue weighted by Gasteiger charge is -2.52. The smallest absolute Gasteiger partial charge is 0.389 e. The summed E-state index contributed by atoms with van der Waals surface area (Å²) in [6, 6.07) is -0.692. The summed E-state index contributed by atoms with van der Waals surface area (Å²) < 4.78 is 32.4. The number of phosphoric ester groups is 1. The molecular formula is C12H14ClN5O9P2. The monoisotopic (exact) mass is 469 g/mol. The van der Waals surface area contributed by atoms with Gasteiger partial charge in [0.1, 0.15) is 11.1 Å². The Hall–Kier alpha value is -1.18. The van der Waals surface area contributed by atoms with Gasteiger partial charge in [-0.25, -0.2) is 14.1 Å². The summed E-state index contributed by atoms with van der Waals surface area (Å²) in [7, 11) is -10.4. The Kier molecular flexibility index (Phi) is 3.77. The number of halogens is 1. The first-order valence-electron chi connectivity index (χ1n) is 8.13. The van der Waals surface area contributed by atoms with Crippen LogP contribution in [0.3, 0.4) is 0 Å². The van der Waals surface area contributed by atoms with Crippen molar-refractivity contribution in [2.45, 2.75) is 17.7 Å². The molecule has 2 aromatic heterocycles. The molecule has 0 radical (unpaired) electrons. The van der Waals surface area contributed by atoms with E-state index in [1.165, 1.54) is 10.9 Å². The van der Waals surface area contributed by atoms with Crippen LogP contribution in [0.25, 0.3) is 11.2 Å². The zero-order valence-corrected chi connectivity index (χ0v) is 16.6. The summed E-state index contributed by atoms with van der Waals surface area (Å²) in [5.74, 6) is -0.777. The third-order valence-electron chi connectivity index (χ3n) is 6.12. The molecule has 0 aliphatic heterocycles. The first-order valence-corrected chi connectivity index (χ1v) is 11.5. The molecule has 14 nitrogen and oxygen atoms in total. The van der Waals surface area contributed by atoms with Crippen molar-refractivity contribution in [2.75, 3.05) is 12.3 Å². The minimum atomic E-state index is -5.27. The van der Waals surface area contributed by atoms with Gasteiger partial charge in [0.25, 0.3) is 0 Å². The van der Waals surface area contributed by atoms with Crippen molar-refractivity contribution in [2.24, 2.45) is 17.3 Å². The summed E-state index contributed by atoms with van der Waals surface area (Å²) in [4.78, 5) is 38.8. The number of phosphoric acid groups is 2. The Morgan fingerprint density at radius 3 is 2.62 bits per heavy atom. The Labute approximate surface area is 166 Å². The lowest BCUT2D eigenvalue weighted by atomic mass is 9.64. The Bertz CT molecular complexity index is 1160. The van der Waals surface area contributed by atoms with Crippen LogP contribution < -0.4 is 5.73 Å². The molecule has 29 heavy (non-hydrogen) atoms. The molecule has 158 valence electrons. The van der Waals surface area contributed by atoms with Crippen molar-refractivity contribution in [3.8, 4) is 0 Å². The van der Waals surface area contributed by atoms with Crippen LogP contribution in [-0.4, -0.2) is 62.7 Å². The van der Waals surface area contributed by atoms with E-state index < -0.39 is 51.3 Å². The summed E-state index contributed by atoms with van der Waals surface area (Å²) in [5, 5.41) is 21.3. The van der Waals surface area contributed by atoms with E-state index in [1.807, 2.05) is 0 Å². The van der Waals surface area contributed by atoms with Gasteiger partial charge in [-0.15, -0.1) is 0 Å². The normalized spacial score (nSPS) is 39.4. The largest absolute Gasteiger partial charge is 0.481 e. The molecule has 0 saturated heterocycles. The van der Waals surface area contributed by atoms with Gasteiger partial charge in [0.05, 0.1) is 25.1 Å². The fourth-order valence-electron chi connectivity index (χ4n) is 5.18. The molecule has 0 amide bonds. The molecule has 2 heterocycles. The van der Waals surface area contributed by atoms with Gasteiger partial charge in [-0.1, -0.05) is 0 Å². The number of nitrogen functional groups attached to an aromatic ring is 1. The van der Waals surface area contributed by atoms with Gasteiger partial charge >= 0.3 is 15.6 Å². The van der Waals surface area contributed by atoms with Crippen molar-refractivity contribution < 1.29 is 42.9 Å². The molecule has 3 aliphatic rings. The molecule has 3 aliphatic carbocycles. The number of anilines is 1. The maximum absolute atomic E-state index is 11.7. The molecule has 0 bridgehead atoms. The van der Waals surface area contributed by atoms with Gasteiger partial charge in [0.2, 0.25) is 5.28 Å². The van der Waals surface area contributed by atoms with Gasteiger partial charge in [-0.3, -0.25) is 4.52 Å². The van der Waals surface area contributed by atoms with Crippen LogP contribution in [0.1, 0.15) is 6.04 Å². The zero-order chi connectivity index (χ0) is 21.1. The number of aliphatic hydroxyl groups excluding tert-OH is 1. The number of nitrogens with zero attached hydrogens (tertiary/aromatic N) is 4. The highest BCUT2D eigenvalue weighted by Crippen LogP contribution is 2.91. The van der Waals surface area contributed by atoms with E-state index in [2.05, 4.69) is 19.3 Å². The van der Waals surface area contributed by atoms with Gasteiger partial charge in [0.15, 0.2) is 11.5 Å². The number of hydrogen-bond acceptors (Lipinski definition) is 10. The lowest BCUT2D eigenvalue weighted by molar-refractivity contribution is -0.221. The van der Waals surface area contributed by atoms with Gasteiger partial charge in [0, 0.05) is 11.3 Å². The minimum Gasteiger partial charge on any atom is -0.389 e. The van der Waals surface area contributed by atoms with Crippen molar-refractivity contribution in [3.05, 3.63) is 11.6 Å². The zero-order valence-electron chi connectivity index (χ0n) is 14.1. The number of fused-ring (bicyclic) bond motifs is 2. The van der Waals surface area contributed by atoms with Gasteiger partial charge < -0.3 is 35.2 Å². The molecule has 0 spiro atoms. The van der Waals surface area contributed by atoms with Crippen molar-refractivity contribution in [1.29, 1.82) is 0 Å². The van der Waals surface area contributed by atoms with Gasteiger partial charge in [-0.05, 0) is 17.5 Å². The van der Waals surface area contributed by atoms with Crippen LogP contribution in [0.4, 0.5) is 5.82 Å². The van der Waals surface area contributed by atoms with E-state index in [0.29, 0.717) is 0 Å². The van der Waals surface area contributed by atoms with E-state index in [1.54, 1.807) is 0 Å². The van der Waals surface area contributed by atoms with Crippen LogP contribution >= 0.6 is 27.2 Å². The fourth-order valence-corrected chi connectivity index (χ4v) is 7.00. The van der Waals surface area contributed by atoms with E-state index in [4.69, 9.17) is 31.6 Å². The second-order valence-electron chi connectivity index (χ2n) is 7.37. The van der Waals surface area contributed by atoms with Gasteiger partial charge in [-0.2, -0.15) is 14.3 Å². The van der Waals surface area contributed by atoms with E-state index in [-0.39, 0.29) is 28.2 Å². The van der Waals surface area contributed by atoms with Crippen LogP contribution in [-0.2, 0) is 18.0 Å². The molecule has 7 N–H and O–H groups in total. The molecule has 2 aromatic rings. The van der Waals surface area contributed by atoms with Crippen molar-refractivity contribution in [1.82, 2.24) is 19.5 Å². The topological polar surface area (TPSA) is 223 Å². The number of rotatable bonds is 6. The second kappa shape index (κ2) is 5.54. The fraction of sp³-hybridized carbons (Fsp3) is 0.583. The summed E-state index contributed by atoms with van der Waals surface area (Å²) in [6.07, 6.45) is 0.0467. The lowest BCUT2D eigenvalue weighted by Crippen LogP contribution is -2.65. The van der Waals surface area contributed by atoms with E-state index >= 15 is 0 Å². The quantitative estimate of drug-likeness (QED) is 0.225. The average Bonchev–Trinajstić information content (AvgIpc) is 2.80. The number of aliphatic hydroxyl groups is 2. The third-order valence-corrected chi connectivity index (χ3v) is 8.42. The molecule has 3 fully saturated rings. The highest BCUT2D eigenvalue weighted by Gasteiger charge is 3.00. The number of aromatic nitrogens is 4. The highest BCUT2D eigenvalue weighted by atomic mass is 35.5. The number of hydrogen-bond donors (Lipinski definition) is 6. The summed E-state index contributed by atoms with van der Waals surface area (Å²) in [6.45, 7) is -0.555. The predicted octanol–water partition coefficient (Wildman–Crippen LogP) is -0.819. The molecule has 7 atom stereocenters. The summed E-state index contributed by atoms with van der Waals surface area (Å²) >= 11 is 5.84. The van der Waals surface area contributed by atoms with Crippen molar-refractivity contribution >= 4 is 44.2 Å². The maximum atomic E-state index is 11.7. The third kappa shape index (κ3) is 2.41. The van der Waals surface area contributed by atoms with Crippen LogP contribution in [0.15, 0.2) is 6.33 Å². The molecular weight excluding hydrogens is 456 g/mol. The molecule has 3 saturated carbocycles. The minimum absolute atomic E-state index is 0.0409. The standard InChI is InChI=1S/C12H14ClN5O9P2/c13-10-16-7(14)4-8(17-10)18(2-15-4)6-3-5-11(3,9(19)12(5,6)20)1-26-29(24,25)27-28(21,22)23/h2-3,5-6,9,19-20H,1H2,(H,24,25)(H2,14,16,17)(H2,21,22,23)/t3-,5?,6-,9-,11-,12-/m1/s1. The molecule has 2 unspecified atom stereocenters. The number of imidazole rings is 1. The van der Waals surface area contributed by atoms with E-state index in [0.717, 1.165) is 0 Å². The first-order chi connectivity index (χ1) is 13.3. The Morgan fingerprint density at radius 1 is 1.31 bits per heavy atom. The molecule has 0 aromatic carbocycles. The first kappa shape index (κ1) is 19.8. The Morgan fingerprint density at radius 2 is 2.00 bits per heavy atom. The average molecular weight is 470 g/mol.